The summed E-state index contributed by atoms with van der Waals surface area (Å²) in [6, 6.07) is 13.0. The van der Waals surface area contributed by atoms with Crippen molar-refractivity contribution in [3.8, 4) is 11.3 Å². The van der Waals surface area contributed by atoms with Crippen LogP contribution >= 0.6 is 7.26 Å². The molecule has 4 heteroatoms. The van der Waals surface area contributed by atoms with Gasteiger partial charge in [0.2, 0.25) is 0 Å². The van der Waals surface area contributed by atoms with Gasteiger partial charge in [-0.15, -0.1) is 29.8 Å². The molecule has 0 bridgehead atoms. The average Bonchev–Trinajstić information content (AvgIpc) is 2.56. The summed E-state index contributed by atoms with van der Waals surface area (Å²) in [6.07, 6.45) is 8.92. The Balaban J connectivity index is 0.00000288. The normalized spacial score (nSPS) is 11.2. The van der Waals surface area contributed by atoms with E-state index in [1.54, 1.807) is 6.07 Å². The zero-order valence-electron chi connectivity index (χ0n) is 14.8. The fourth-order valence-electron chi connectivity index (χ4n) is 3.44. The predicted octanol–water partition coefficient (Wildman–Crippen LogP) is 5.56. The number of nitrogens with zero attached hydrogens (tertiary/aromatic N) is 1. The average molecular weight is 524 g/mol. The Labute approximate surface area is 160 Å². The largest absolute Gasteiger partial charge is 0.302 e. The molecular weight excluding hydrogens is 496 g/mol. The molecule has 0 aliphatic rings. The van der Waals surface area contributed by atoms with Crippen molar-refractivity contribution < 1.29 is 24.5 Å². The molecule has 0 aliphatic carbocycles. The van der Waals surface area contributed by atoms with Gasteiger partial charge in [0.15, 0.2) is 0 Å². The third-order valence-corrected chi connectivity index (χ3v) is 9.57. The van der Waals surface area contributed by atoms with Gasteiger partial charge in [-0.1, -0.05) is 26.8 Å². The smallest absolute Gasteiger partial charge is 0.139 e. The molecule has 0 spiro atoms. The van der Waals surface area contributed by atoms with Crippen LogP contribution in [0, 0.1) is 11.9 Å². The molecule has 133 valence electrons. The summed E-state index contributed by atoms with van der Waals surface area (Å²) in [7, 11) is -1.13. The molecule has 2 rings (SSSR count). The van der Waals surface area contributed by atoms with Crippen LogP contribution in [0.15, 0.2) is 36.5 Å². The van der Waals surface area contributed by atoms with E-state index in [4.69, 9.17) is 0 Å². The Bertz CT molecular complexity index is 598. The van der Waals surface area contributed by atoms with Gasteiger partial charge in [-0.3, -0.25) is 0 Å². The van der Waals surface area contributed by atoms with Crippen LogP contribution in [0.2, 0.25) is 0 Å². The van der Waals surface area contributed by atoms with E-state index in [1.165, 1.54) is 55.3 Å². The number of aromatic nitrogens is 1. The maximum atomic E-state index is 13.1. The summed E-state index contributed by atoms with van der Waals surface area (Å²) in [5, 5.41) is 1.49. The van der Waals surface area contributed by atoms with Crippen LogP contribution in [0.3, 0.4) is 0 Å². The van der Waals surface area contributed by atoms with Crippen LogP contribution in [0.4, 0.5) is 4.39 Å². The maximum Gasteiger partial charge on any atom is 0.139 e. The summed E-state index contributed by atoms with van der Waals surface area (Å²) in [5.41, 5.74) is 1.78. The second kappa shape index (κ2) is 10.4. The number of halogens is 1. The molecule has 0 unspecified atom stereocenters. The summed E-state index contributed by atoms with van der Waals surface area (Å²) < 4.78 is 13.1. The second-order valence-corrected chi connectivity index (χ2v) is 10.3. The Morgan fingerprint density at radius 2 is 1.62 bits per heavy atom. The molecule has 1 nitrogen and oxygen atoms in total. The first-order valence-electron chi connectivity index (χ1n) is 8.65. The van der Waals surface area contributed by atoms with Crippen LogP contribution in [-0.4, -0.2) is 23.5 Å². The van der Waals surface area contributed by atoms with Gasteiger partial charge in [-0.25, -0.2) is 4.39 Å². The zero-order chi connectivity index (χ0) is 16.7. The van der Waals surface area contributed by atoms with E-state index < -0.39 is 7.26 Å². The molecule has 1 aromatic heterocycles. The number of benzene rings is 1. The molecule has 0 atom stereocenters. The van der Waals surface area contributed by atoms with E-state index in [-0.39, 0.29) is 25.9 Å². The Hall–Kier alpha value is -0.621. The van der Waals surface area contributed by atoms with Crippen molar-refractivity contribution in [1.82, 2.24) is 4.98 Å². The van der Waals surface area contributed by atoms with Gasteiger partial charge >= 0.3 is 0 Å². The van der Waals surface area contributed by atoms with Crippen LogP contribution in [0.1, 0.15) is 40.0 Å². The van der Waals surface area contributed by atoms with Gasteiger partial charge in [-0.05, 0) is 31.0 Å². The first kappa shape index (κ1) is 21.4. The van der Waals surface area contributed by atoms with Crippen LogP contribution in [0.5, 0.6) is 0 Å². The molecule has 1 heterocycles. The maximum absolute atomic E-state index is 13.1. The molecule has 0 saturated carbocycles. The second-order valence-electron chi connectivity index (χ2n) is 6.14. The number of pyridine rings is 1. The summed E-state index contributed by atoms with van der Waals surface area (Å²) >= 11 is 0. The third-order valence-electron chi connectivity index (χ3n) is 4.29. The number of rotatable bonds is 8. The van der Waals surface area contributed by atoms with Crippen LogP contribution in [-0.2, 0) is 20.1 Å². The molecule has 0 fully saturated rings. The Morgan fingerprint density at radius 3 is 2.12 bits per heavy atom. The minimum atomic E-state index is -1.13. The van der Waals surface area contributed by atoms with Crippen molar-refractivity contribution in [3.63, 3.8) is 0 Å². The molecule has 0 amide bonds. The monoisotopic (exact) mass is 524 g/mol. The first-order chi connectivity index (χ1) is 11.1. The molecular formula is C20H27FIrNP. The molecule has 0 saturated heterocycles. The van der Waals surface area contributed by atoms with Crippen molar-refractivity contribution in [3.05, 3.63) is 48.4 Å². The van der Waals surface area contributed by atoms with E-state index in [1.807, 2.05) is 6.07 Å². The zero-order valence-corrected chi connectivity index (χ0v) is 18.1. The van der Waals surface area contributed by atoms with Crippen molar-refractivity contribution in [2.75, 3.05) is 18.5 Å². The van der Waals surface area contributed by atoms with E-state index >= 15 is 0 Å². The minimum Gasteiger partial charge on any atom is -0.302 e. The van der Waals surface area contributed by atoms with Gasteiger partial charge < -0.3 is 4.98 Å². The number of hydrogen-bond acceptors (Lipinski definition) is 1. The molecule has 24 heavy (non-hydrogen) atoms. The third kappa shape index (κ3) is 5.19. The van der Waals surface area contributed by atoms with Crippen molar-refractivity contribution in [2.45, 2.75) is 40.0 Å². The molecule has 2 aromatic rings. The fraction of sp³-hybridized carbons (Fsp3) is 0.450. The van der Waals surface area contributed by atoms with Gasteiger partial charge in [-0.2, -0.15) is 0 Å². The van der Waals surface area contributed by atoms with E-state index in [9.17, 15) is 4.39 Å². The Kier molecular flexibility index (Phi) is 9.27. The SMILES string of the molecule is CCC[P+](CCC)(CCC)c1cc[c-]c(-c2ccc(F)cn2)c1.[Ir]. The summed E-state index contributed by atoms with van der Waals surface area (Å²) in [6.45, 7) is 6.87. The number of hydrogen-bond donors (Lipinski definition) is 0. The van der Waals surface area contributed by atoms with E-state index in [0.717, 1.165) is 11.3 Å². The van der Waals surface area contributed by atoms with Gasteiger partial charge in [0.1, 0.15) is 5.82 Å². The van der Waals surface area contributed by atoms with Gasteiger partial charge in [0.05, 0.1) is 24.7 Å². The summed E-state index contributed by atoms with van der Waals surface area (Å²) in [5.74, 6) is -0.297. The first-order valence-corrected chi connectivity index (χ1v) is 11.0. The molecule has 0 N–H and O–H groups in total. The van der Waals surface area contributed by atoms with Gasteiger partial charge in [0, 0.05) is 32.7 Å². The van der Waals surface area contributed by atoms with Crippen LogP contribution < -0.4 is 5.30 Å². The van der Waals surface area contributed by atoms with E-state index in [2.05, 4.69) is 44.0 Å². The van der Waals surface area contributed by atoms with Gasteiger partial charge in [0.25, 0.3) is 0 Å². The van der Waals surface area contributed by atoms with Crippen molar-refractivity contribution in [2.24, 2.45) is 0 Å². The fourth-order valence-corrected chi connectivity index (χ4v) is 8.25. The summed E-state index contributed by atoms with van der Waals surface area (Å²) in [4.78, 5) is 4.22. The minimum absolute atomic E-state index is 0. The molecule has 1 aromatic carbocycles. The predicted molar refractivity (Wildman–Crippen MR) is 100 cm³/mol. The van der Waals surface area contributed by atoms with E-state index in [0.29, 0.717) is 0 Å². The Morgan fingerprint density at radius 1 is 1.00 bits per heavy atom. The topological polar surface area (TPSA) is 12.9 Å². The quantitative estimate of drug-likeness (QED) is 0.326. The van der Waals surface area contributed by atoms with Crippen molar-refractivity contribution >= 4 is 12.6 Å². The van der Waals surface area contributed by atoms with Crippen molar-refractivity contribution in [1.29, 1.82) is 0 Å². The molecule has 0 aliphatic heterocycles. The molecule has 1 radical (unpaired) electrons. The van der Waals surface area contributed by atoms with Crippen LogP contribution in [0.25, 0.3) is 11.3 Å². The standard InChI is InChI=1S/C20H27FNP.Ir/c1-4-12-23(13-5-2,14-6-3)19-9-7-8-17(15-19)20-11-10-18(21)16-22-20;/h7,9-11,15-16H,4-6,12-14H2,1-3H3;.